The summed E-state index contributed by atoms with van der Waals surface area (Å²) in [6, 6.07) is 10.2. The predicted octanol–water partition coefficient (Wildman–Crippen LogP) is 2.09. The number of carbonyl (C=O) groups is 1. The summed E-state index contributed by atoms with van der Waals surface area (Å²) >= 11 is 0. The van der Waals surface area contributed by atoms with Gasteiger partial charge in [0, 0.05) is 12.6 Å². The first-order valence-corrected chi connectivity index (χ1v) is 8.53. The Labute approximate surface area is 150 Å². The number of nitrogens with one attached hydrogen (secondary N) is 3. The monoisotopic (exact) mass is 357 g/mol. The molecule has 2 aromatic rings. The molecule has 2 aliphatic rings. The van der Waals surface area contributed by atoms with Gasteiger partial charge < -0.3 is 14.8 Å². The lowest BCUT2D eigenvalue weighted by Crippen LogP contribution is -2.42. The molecule has 26 heavy (non-hydrogen) atoms. The van der Waals surface area contributed by atoms with Crippen molar-refractivity contribution in [1.82, 2.24) is 16.2 Å². The molecular formula is C19H20FN3O3. The zero-order valence-corrected chi connectivity index (χ0v) is 14.3. The van der Waals surface area contributed by atoms with Crippen LogP contribution in [-0.2, 0) is 11.3 Å². The number of carbonyl (C=O) groups excluding carboxylic acids is 1. The maximum absolute atomic E-state index is 13.4. The van der Waals surface area contributed by atoms with Gasteiger partial charge in [-0.3, -0.25) is 4.79 Å². The van der Waals surface area contributed by atoms with Crippen molar-refractivity contribution < 1.29 is 18.7 Å². The van der Waals surface area contributed by atoms with E-state index in [-0.39, 0.29) is 30.6 Å². The van der Waals surface area contributed by atoms with Crippen molar-refractivity contribution >= 4 is 5.91 Å². The van der Waals surface area contributed by atoms with Gasteiger partial charge in [-0.2, -0.15) is 0 Å². The smallest absolute Gasteiger partial charge is 0.238 e. The van der Waals surface area contributed by atoms with E-state index in [4.69, 9.17) is 9.47 Å². The summed E-state index contributed by atoms with van der Waals surface area (Å²) in [4.78, 5) is 12.4. The van der Waals surface area contributed by atoms with Crippen LogP contribution in [0.5, 0.6) is 11.5 Å². The van der Waals surface area contributed by atoms with E-state index in [0.29, 0.717) is 24.3 Å². The summed E-state index contributed by atoms with van der Waals surface area (Å²) in [5.74, 6) is 1.11. The fourth-order valence-corrected chi connectivity index (χ4v) is 3.19. The average Bonchev–Trinajstić information content (AvgIpc) is 3.30. The first-order chi connectivity index (χ1) is 12.6. The van der Waals surface area contributed by atoms with E-state index in [1.54, 1.807) is 13.0 Å². The van der Waals surface area contributed by atoms with Gasteiger partial charge in [0.15, 0.2) is 11.5 Å². The molecule has 7 heteroatoms. The Morgan fingerprint density at radius 2 is 2.04 bits per heavy atom. The number of ether oxygens (including phenoxy) is 2. The molecule has 0 saturated carbocycles. The van der Waals surface area contributed by atoms with E-state index >= 15 is 0 Å². The van der Waals surface area contributed by atoms with Crippen LogP contribution in [0.1, 0.15) is 29.2 Å². The number of halogens is 1. The lowest BCUT2D eigenvalue weighted by Gasteiger charge is -2.12. The maximum Gasteiger partial charge on any atom is 0.238 e. The highest BCUT2D eigenvalue weighted by atomic mass is 19.1. The molecule has 0 aromatic heterocycles. The Bertz CT molecular complexity index is 843. The molecule has 2 heterocycles. The summed E-state index contributed by atoms with van der Waals surface area (Å²) < 4.78 is 24.0. The van der Waals surface area contributed by atoms with Crippen molar-refractivity contribution in [2.75, 3.05) is 6.79 Å². The summed E-state index contributed by atoms with van der Waals surface area (Å²) in [6.45, 7) is 2.37. The summed E-state index contributed by atoms with van der Waals surface area (Å²) in [7, 11) is 0. The lowest BCUT2D eigenvalue weighted by molar-refractivity contribution is -0.123. The molecule has 136 valence electrons. The van der Waals surface area contributed by atoms with Crippen LogP contribution in [0.4, 0.5) is 4.39 Å². The van der Waals surface area contributed by atoms with Gasteiger partial charge in [0.05, 0.1) is 0 Å². The number of hydrogen-bond donors (Lipinski definition) is 3. The first kappa shape index (κ1) is 16.8. The molecule has 0 aliphatic carbocycles. The van der Waals surface area contributed by atoms with Crippen molar-refractivity contribution in [3.05, 3.63) is 58.9 Å². The number of aryl methyl sites for hydroxylation is 1. The van der Waals surface area contributed by atoms with Gasteiger partial charge in [0.25, 0.3) is 0 Å². The number of benzene rings is 2. The second-order valence-electron chi connectivity index (χ2n) is 6.54. The third kappa shape index (κ3) is 3.36. The van der Waals surface area contributed by atoms with E-state index in [1.807, 2.05) is 24.3 Å². The Hall–Kier alpha value is -2.64. The van der Waals surface area contributed by atoms with E-state index in [0.717, 1.165) is 16.9 Å². The van der Waals surface area contributed by atoms with Gasteiger partial charge in [0.1, 0.15) is 11.9 Å². The predicted molar refractivity (Wildman–Crippen MR) is 93.0 cm³/mol. The molecule has 2 aromatic carbocycles. The van der Waals surface area contributed by atoms with Crippen LogP contribution >= 0.6 is 0 Å². The highest BCUT2D eigenvalue weighted by Crippen LogP contribution is 2.32. The minimum atomic E-state index is -0.348. The van der Waals surface area contributed by atoms with Crippen molar-refractivity contribution in [3.8, 4) is 11.5 Å². The standard InChI is InChI=1S/C19H20FN3O3/c1-11-6-13(3-4-14(11)20)15-8-16(23-22-15)19(24)21-9-12-2-5-17-18(7-12)26-10-25-17/h2-7,15-16,22-23H,8-10H2,1H3,(H,21,24). The molecule has 2 aliphatic heterocycles. The lowest BCUT2D eigenvalue weighted by atomic mass is 10.00. The number of hydrazine groups is 1. The van der Waals surface area contributed by atoms with Crippen molar-refractivity contribution in [2.24, 2.45) is 0 Å². The molecule has 0 bridgehead atoms. The Balaban J connectivity index is 1.33. The fourth-order valence-electron chi connectivity index (χ4n) is 3.19. The van der Waals surface area contributed by atoms with Gasteiger partial charge in [-0.15, -0.1) is 0 Å². The zero-order valence-electron chi connectivity index (χ0n) is 14.3. The van der Waals surface area contributed by atoms with Gasteiger partial charge in [-0.25, -0.2) is 15.2 Å². The van der Waals surface area contributed by atoms with E-state index in [9.17, 15) is 9.18 Å². The maximum atomic E-state index is 13.4. The SMILES string of the molecule is Cc1cc(C2CC(C(=O)NCc3ccc4c(c3)OCO4)NN2)ccc1F. The minimum absolute atomic E-state index is 0.0319. The first-order valence-electron chi connectivity index (χ1n) is 8.53. The molecule has 0 radical (unpaired) electrons. The second-order valence-corrected chi connectivity index (χ2v) is 6.54. The van der Waals surface area contributed by atoms with E-state index in [2.05, 4.69) is 16.2 Å². The third-order valence-corrected chi connectivity index (χ3v) is 4.71. The quantitative estimate of drug-likeness (QED) is 0.782. The Kier molecular flexibility index (Phi) is 4.48. The van der Waals surface area contributed by atoms with E-state index < -0.39 is 0 Å². The molecule has 6 nitrogen and oxygen atoms in total. The largest absolute Gasteiger partial charge is 0.454 e. The highest BCUT2D eigenvalue weighted by Gasteiger charge is 2.30. The Morgan fingerprint density at radius 1 is 1.19 bits per heavy atom. The van der Waals surface area contributed by atoms with Gasteiger partial charge >= 0.3 is 0 Å². The van der Waals surface area contributed by atoms with Crippen LogP contribution in [0.3, 0.4) is 0 Å². The van der Waals surface area contributed by atoms with Crippen molar-refractivity contribution in [2.45, 2.75) is 32.0 Å². The minimum Gasteiger partial charge on any atom is -0.454 e. The van der Waals surface area contributed by atoms with Crippen LogP contribution in [0.15, 0.2) is 36.4 Å². The highest BCUT2D eigenvalue weighted by molar-refractivity contribution is 5.82. The van der Waals surface area contributed by atoms with E-state index in [1.165, 1.54) is 6.07 Å². The molecule has 3 N–H and O–H groups in total. The second kappa shape index (κ2) is 6.93. The fraction of sp³-hybridized carbons (Fsp3) is 0.316. The number of hydrogen-bond acceptors (Lipinski definition) is 5. The average molecular weight is 357 g/mol. The number of rotatable bonds is 4. The summed E-state index contributed by atoms with van der Waals surface area (Å²) in [5, 5.41) is 2.93. The molecular weight excluding hydrogens is 337 g/mol. The zero-order chi connectivity index (χ0) is 18.1. The Morgan fingerprint density at radius 3 is 2.88 bits per heavy atom. The molecule has 1 fully saturated rings. The van der Waals surface area contributed by atoms with Crippen molar-refractivity contribution in [1.29, 1.82) is 0 Å². The molecule has 1 amide bonds. The van der Waals surface area contributed by atoms with Crippen LogP contribution < -0.4 is 25.6 Å². The molecule has 1 saturated heterocycles. The third-order valence-electron chi connectivity index (χ3n) is 4.71. The molecule has 2 unspecified atom stereocenters. The van der Waals surface area contributed by atoms with Gasteiger partial charge in [-0.05, 0) is 48.2 Å². The van der Waals surface area contributed by atoms with Crippen molar-refractivity contribution in [3.63, 3.8) is 0 Å². The van der Waals surface area contributed by atoms with Gasteiger partial charge in [0.2, 0.25) is 12.7 Å². The summed E-state index contributed by atoms with van der Waals surface area (Å²) in [5.41, 5.74) is 8.63. The van der Waals surface area contributed by atoms with Crippen LogP contribution in [0, 0.1) is 12.7 Å². The topological polar surface area (TPSA) is 71.6 Å². The van der Waals surface area contributed by atoms with Crippen LogP contribution in [0.25, 0.3) is 0 Å². The normalized spacial score (nSPS) is 21.0. The number of amides is 1. The summed E-state index contributed by atoms with van der Waals surface area (Å²) in [6.07, 6.45) is 0.595. The number of fused-ring (bicyclic) bond motifs is 1. The van der Waals surface area contributed by atoms with Gasteiger partial charge in [-0.1, -0.05) is 18.2 Å². The van der Waals surface area contributed by atoms with Crippen LogP contribution in [0.2, 0.25) is 0 Å². The van der Waals surface area contributed by atoms with Crippen LogP contribution in [-0.4, -0.2) is 18.7 Å². The molecule has 4 rings (SSSR count). The molecule has 2 atom stereocenters. The molecule has 0 spiro atoms.